The Morgan fingerprint density at radius 3 is 2.61 bits per heavy atom. The van der Waals surface area contributed by atoms with E-state index in [1.165, 1.54) is 7.05 Å². The fourth-order valence-electron chi connectivity index (χ4n) is 1.90. The van der Waals surface area contributed by atoms with Crippen LogP contribution in [0.15, 0.2) is 39.9 Å². The number of rotatable bonds is 1. The Balaban J connectivity index is 2.44. The zero-order valence-corrected chi connectivity index (χ0v) is 9.60. The van der Waals surface area contributed by atoms with Crippen LogP contribution in [0.5, 0.6) is 0 Å². The Labute approximate surface area is 101 Å². The molecule has 0 amide bonds. The van der Waals surface area contributed by atoms with Crippen molar-refractivity contribution in [2.75, 3.05) is 0 Å². The molecule has 0 fully saturated rings. The number of hydrogen-bond donors (Lipinski definition) is 2. The highest BCUT2D eigenvalue weighted by Crippen LogP contribution is 2.21. The molecule has 1 aromatic carbocycles. The van der Waals surface area contributed by atoms with Crippen LogP contribution in [0, 0.1) is 0 Å². The maximum Gasteiger partial charge on any atom is 0.329 e. The van der Waals surface area contributed by atoms with Gasteiger partial charge in [-0.3, -0.25) is 19.4 Å². The standard InChI is InChI=1S/C12H10N4O2/c1-16-11(17)8-9(7-5-3-2-4-6-7)14-15-10(8)13-12(16)18/h2-6H,1H3,(H2,13,14,15,18). The molecule has 18 heavy (non-hydrogen) atoms. The first-order chi connectivity index (χ1) is 8.68. The molecule has 0 saturated heterocycles. The molecule has 0 atom stereocenters. The van der Waals surface area contributed by atoms with E-state index in [-0.39, 0.29) is 11.2 Å². The minimum Gasteiger partial charge on any atom is -0.290 e. The van der Waals surface area contributed by atoms with Crippen molar-refractivity contribution in [3.8, 4) is 11.3 Å². The van der Waals surface area contributed by atoms with Crippen LogP contribution in [-0.2, 0) is 7.05 Å². The molecule has 0 aliphatic heterocycles. The lowest BCUT2D eigenvalue weighted by Gasteiger charge is -1.99. The fraction of sp³-hybridized carbons (Fsp3) is 0.0833. The first-order valence-corrected chi connectivity index (χ1v) is 5.41. The van der Waals surface area contributed by atoms with Crippen molar-refractivity contribution in [1.29, 1.82) is 0 Å². The molecule has 0 aliphatic rings. The number of aromatic amines is 2. The molecule has 0 radical (unpaired) electrons. The first kappa shape index (κ1) is 10.5. The number of H-pyrrole nitrogens is 2. The summed E-state index contributed by atoms with van der Waals surface area (Å²) in [6, 6.07) is 9.38. The Morgan fingerprint density at radius 1 is 1.17 bits per heavy atom. The average Bonchev–Trinajstić information content (AvgIpc) is 2.81. The molecule has 6 nitrogen and oxygen atoms in total. The van der Waals surface area contributed by atoms with E-state index in [1.54, 1.807) is 0 Å². The lowest BCUT2D eigenvalue weighted by molar-refractivity contribution is 0.792. The van der Waals surface area contributed by atoms with Gasteiger partial charge in [0.15, 0.2) is 5.65 Å². The second kappa shape index (κ2) is 3.69. The summed E-state index contributed by atoms with van der Waals surface area (Å²) in [4.78, 5) is 26.1. The van der Waals surface area contributed by atoms with E-state index in [0.717, 1.165) is 10.1 Å². The summed E-state index contributed by atoms with van der Waals surface area (Å²) in [5, 5.41) is 7.15. The molecule has 90 valence electrons. The zero-order valence-electron chi connectivity index (χ0n) is 9.60. The summed E-state index contributed by atoms with van der Waals surface area (Å²) >= 11 is 0. The van der Waals surface area contributed by atoms with Gasteiger partial charge in [0.2, 0.25) is 0 Å². The Kier molecular flexibility index (Phi) is 2.16. The van der Waals surface area contributed by atoms with Gasteiger partial charge >= 0.3 is 5.69 Å². The minimum absolute atomic E-state index is 0.280. The summed E-state index contributed by atoms with van der Waals surface area (Å²) < 4.78 is 1.03. The van der Waals surface area contributed by atoms with Crippen LogP contribution >= 0.6 is 0 Å². The van der Waals surface area contributed by atoms with Gasteiger partial charge in [-0.2, -0.15) is 5.10 Å². The molecule has 3 rings (SSSR count). The van der Waals surface area contributed by atoms with Gasteiger partial charge in [-0.1, -0.05) is 30.3 Å². The van der Waals surface area contributed by atoms with Crippen LogP contribution in [0.4, 0.5) is 0 Å². The molecule has 0 spiro atoms. The third-order valence-corrected chi connectivity index (χ3v) is 2.88. The first-order valence-electron chi connectivity index (χ1n) is 5.41. The van der Waals surface area contributed by atoms with Crippen molar-refractivity contribution in [1.82, 2.24) is 19.7 Å². The van der Waals surface area contributed by atoms with Gasteiger partial charge in [-0.25, -0.2) is 4.79 Å². The van der Waals surface area contributed by atoms with Crippen molar-refractivity contribution in [2.45, 2.75) is 0 Å². The summed E-state index contributed by atoms with van der Waals surface area (Å²) in [5.41, 5.74) is 0.911. The molecule has 0 unspecified atom stereocenters. The maximum atomic E-state index is 12.1. The van der Waals surface area contributed by atoms with Gasteiger partial charge in [0.1, 0.15) is 5.39 Å². The van der Waals surface area contributed by atoms with Gasteiger partial charge in [0.25, 0.3) is 5.56 Å². The van der Waals surface area contributed by atoms with Crippen LogP contribution in [0.25, 0.3) is 22.3 Å². The Bertz CT molecular complexity index is 827. The molecule has 3 aromatic rings. The largest absolute Gasteiger partial charge is 0.329 e. The highest BCUT2D eigenvalue weighted by atomic mass is 16.2. The summed E-state index contributed by atoms with van der Waals surface area (Å²) in [6.07, 6.45) is 0. The quantitative estimate of drug-likeness (QED) is 0.656. The molecular formula is C12H10N4O2. The maximum absolute atomic E-state index is 12.1. The summed E-state index contributed by atoms with van der Waals surface area (Å²) in [6.45, 7) is 0. The molecule has 2 heterocycles. The van der Waals surface area contributed by atoms with E-state index in [4.69, 9.17) is 0 Å². The second-order valence-corrected chi connectivity index (χ2v) is 3.98. The van der Waals surface area contributed by atoms with Crippen LogP contribution in [0.1, 0.15) is 0 Å². The Morgan fingerprint density at radius 2 is 1.89 bits per heavy atom. The van der Waals surface area contributed by atoms with Crippen LogP contribution in [-0.4, -0.2) is 19.7 Å². The molecule has 2 aromatic heterocycles. The number of nitrogens with zero attached hydrogens (tertiary/aromatic N) is 2. The van der Waals surface area contributed by atoms with E-state index in [1.807, 2.05) is 30.3 Å². The zero-order chi connectivity index (χ0) is 12.7. The lowest BCUT2D eigenvalue weighted by atomic mass is 10.1. The van der Waals surface area contributed by atoms with Crippen LogP contribution in [0.2, 0.25) is 0 Å². The van der Waals surface area contributed by atoms with E-state index >= 15 is 0 Å². The topological polar surface area (TPSA) is 83.5 Å². The van der Waals surface area contributed by atoms with Gasteiger partial charge in [-0.05, 0) is 0 Å². The molecule has 0 saturated carbocycles. The smallest absolute Gasteiger partial charge is 0.290 e. The van der Waals surface area contributed by atoms with E-state index in [2.05, 4.69) is 15.2 Å². The number of benzene rings is 1. The number of aromatic nitrogens is 4. The predicted molar refractivity (Wildman–Crippen MR) is 67.4 cm³/mol. The Hall–Kier alpha value is -2.63. The highest BCUT2D eigenvalue weighted by Gasteiger charge is 2.13. The summed E-state index contributed by atoms with van der Waals surface area (Å²) in [5.74, 6) is 0. The summed E-state index contributed by atoms with van der Waals surface area (Å²) in [7, 11) is 1.43. The minimum atomic E-state index is -0.474. The third kappa shape index (κ3) is 1.39. The second-order valence-electron chi connectivity index (χ2n) is 3.98. The van der Waals surface area contributed by atoms with Crippen molar-refractivity contribution in [3.63, 3.8) is 0 Å². The van der Waals surface area contributed by atoms with Crippen molar-refractivity contribution < 1.29 is 0 Å². The third-order valence-electron chi connectivity index (χ3n) is 2.88. The van der Waals surface area contributed by atoms with E-state index in [9.17, 15) is 9.59 Å². The number of nitrogens with one attached hydrogen (secondary N) is 2. The van der Waals surface area contributed by atoms with Crippen molar-refractivity contribution in [3.05, 3.63) is 51.2 Å². The molecule has 6 heteroatoms. The molecule has 2 N–H and O–H groups in total. The molecule has 0 aliphatic carbocycles. The number of fused-ring (bicyclic) bond motifs is 1. The normalized spacial score (nSPS) is 10.9. The monoisotopic (exact) mass is 242 g/mol. The molecular weight excluding hydrogens is 232 g/mol. The van der Waals surface area contributed by atoms with Crippen molar-refractivity contribution in [2.24, 2.45) is 7.05 Å². The number of hydrogen-bond acceptors (Lipinski definition) is 3. The van der Waals surface area contributed by atoms with Crippen LogP contribution < -0.4 is 11.2 Å². The lowest BCUT2D eigenvalue weighted by Crippen LogP contribution is -2.32. The average molecular weight is 242 g/mol. The van der Waals surface area contributed by atoms with E-state index in [0.29, 0.717) is 11.1 Å². The predicted octanol–water partition coefficient (Wildman–Crippen LogP) is 0.617. The van der Waals surface area contributed by atoms with Gasteiger partial charge in [0.05, 0.1) is 5.69 Å². The SMILES string of the molecule is Cn1c(=O)[nH]c2n[nH]c(-c3ccccc3)c2c1=O. The van der Waals surface area contributed by atoms with Gasteiger partial charge in [-0.15, -0.1) is 0 Å². The van der Waals surface area contributed by atoms with Gasteiger partial charge in [0, 0.05) is 12.6 Å². The highest BCUT2D eigenvalue weighted by molar-refractivity contribution is 5.89. The fourth-order valence-corrected chi connectivity index (χ4v) is 1.90. The van der Waals surface area contributed by atoms with Crippen LogP contribution in [0.3, 0.4) is 0 Å². The molecule has 0 bridgehead atoms. The van der Waals surface area contributed by atoms with Gasteiger partial charge < -0.3 is 0 Å². The van der Waals surface area contributed by atoms with E-state index < -0.39 is 5.69 Å². The van der Waals surface area contributed by atoms with Crippen molar-refractivity contribution >= 4 is 11.0 Å².